The fraction of sp³-hybridized carbons (Fsp3) is 0.556. The van der Waals surface area contributed by atoms with Crippen molar-refractivity contribution in [1.82, 2.24) is 9.97 Å². The molecule has 1 rings (SSSR count). The summed E-state index contributed by atoms with van der Waals surface area (Å²) in [6, 6.07) is 0.115. The third-order valence-corrected chi connectivity index (χ3v) is 2.33. The Morgan fingerprint density at radius 2 is 2.47 bits per heavy atom. The molecule has 0 radical (unpaired) electrons. The van der Waals surface area contributed by atoms with Gasteiger partial charge in [0.1, 0.15) is 5.02 Å². The number of nitrogens with one attached hydrogen (secondary N) is 2. The van der Waals surface area contributed by atoms with Crippen molar-refractivity contribution in [3.8, 4) is 0 Å². The lowest BCUT2D eigenvalue weighted by atomic mass is 10.2. The lowest BCUT2D eigenvalue weighted by Gasteiger charge is -2.13. The molecule has 1 atom stereocenters. The Morgan fingerprint density at radius 3 is 3.13 bits per heavy atom. The third kappa shape index (κ3) is 3.53. The summed E-state index contributed by atoms with van der Waals surface area (Å²) in [5.41, 5.74) is -0.358. The van der Waals surface area contributed by atoms with Crippen molar-refractivity contribution in [3.05, 3.63) is 21.7 Å². The van der Waals surface area contributed by atoms with Gasteiger partial charge in [0.05, 0.1) is 6.33 Å². The van der Waals surface area contributed by atoms with Crippen LogP contribution in [-0.4, -0.2) is 27.7 Å². The van der Waals surface area contributed by atoms with Crippen LogP contribution in [-0.2, 0) is 0 Å². The molecule has 0 spiro atoms. The summed E-state index contributed by atoms with van der Waals surface area (Å²) in [5, 5.41) is 11.7. The van der Waals surface area contributed by atoms with Gasteiger partial charge < -0.3 is 15.4 Å². The molecule has 0 aromatic carbocycles. The highest BCUT2D eigenvalue weighted by Crippen LogP contribution is 2.14. The van der Waals surface area contributed by atoms with Crippen molar-refractivity contribution < 1.29 is 5.11 Å². The third-order valence-electron chi connectivity index (χ3n) is 1.97. The molecule has 15 heavy (non-hydrogen) atoms. The number of H-pyrrole nitrogens is 1. The van der Waals surface area contributed by atoms with Gasteiger partial charge in [-0.1, -0.05) is 11.6 Å². The predicted octanol–water partition coefficient (Wildman–Crippen LogP) is 0.996. The van der Waals surface area contributed by atoms with Gasteiger partial charge >= 0.3 is 0 Å². The van der Waals surface area contributed by atoms with E-state index in [1.165, 1.54) is 6.33 Å². The number of nitrogens with zero attached hydrogens (tertiary/aromatic N) is 1. The highest BCUT2D eigenvalue weighted by molar-refractivity contribution is 6.32. The maximum atomic E-state index is 11.1. The summed E-state index contributed by atoms with van der Waals surface area (Å²) in [6.07, 6.45) is 2.80. The molecule has 84 valence electrons. The Balaban J connectivity index is 2.64. The van der Waals surface area contributed by atoms with Gasteiger partial charge in [-0.15, -0.1) is 0 Å². The average Bonchev–Trinajstić information content (AvgIpc) is 2.22. The van der Waals surface area contributed by atoms with Crippen LogP contribution >= 0.6 is 11.6 Å². The Hall–Kier alpha value is -1.07. The zero-order chi connectivity index (χ0) is 11.3. The van der Waals surface area contributed by atoms with Crippen LogP contribution in [0.2, 0.25) is 5.02 Å². The number of halogens is 1. The smallest absolute Gasteiger partial charge is 0.271 e. The predicted molar refractivity (Wildman–Crippen MR) is 59.3 cm³/mol. The van der Waals surface area contributed by atoms with Gasteiger partial charge in [-0.25, -0.2) is 4.98 Å². The van der Waals surface area contributed by atoms with Crippen molar-refractivity contribution in [2.45, 2.75) is 25.8 Å². The first-order valence-electron chi connectivity index (χ1n) is 4.75. The molecule has 1 aromatic rings. The lowest BCUT2D eigenvalue weighted by Crippen LogP contribution is -2.19. The standard InChI is InChI=1S/C9H14ClN3O2/c1-6(3-2-4-14)13-8-7(10)9(15)12-5-11-8/h5-6,14H,2-4H2,1H3,(H2,11,12,13,15). The first-order valence-corrected chi connectivity index (χ1v) is 5.13. The molecule has 0 aliphatic heterocycles. The van der Waals surface area contributed by atoms with Crippen LogP contribution in [0.15, 0.2) is 11.1 Å². The van der Waals surface area contributed by atoms with E-state index in [0.717, 1.165) is 6.42 Å². The van der Waals surface area contributed by atoms with Crippen LogP contribution in [0, 0.1) is 0 Å². The molecule has 0 aliphatic carbocycles. The van der Waals surface area contributed by atoms with Crippen LogP contribution < -0.4 is 10.9 Å². The molecule has 5 nitrogen and oxygen atoms in total. The van der Waals surface area contributed by atoms with Crippen molar-refractivity contribution in [3.63, 3.8) is 0 Å². The monoisotopic (exact) mass is 231 g/mol. The summed E-state index contributed by atoms with van der Waals surface area (Å²) in [7, 11) is 0. The average molecular weight is 232 g/mol. The topological polar surface area (TPSA) is 78.0 Å². The summed E-state index contributed by atoms with van der Waals surface area (Å²) in [5.74, 6) is 0.380. The second kappa shape index (κ2) is 5.72. The molecule has 1 heterocycles. The fourth-order valence-electron chi connectivity index (χ4n) is 1.19. The Labute approximate surface area is 92.5 Å². The summed E-state index contributed by atoms with van der Waals surface area (Å²) < 4.78 is 0. The lowest BCUT2D eigenvalue weighted by molar-refractivity contribution is 0.282. The maximum absolute atomic E-state index is 11.1. The summed E-state index contributed by atoms with van der Waals surface area (Å²) >= 11 is 5.75. The molecule has 0 saturated heterocycles. The van der Waals surface area contributed by atoms with E-state index < -0.39 is 0 Å². The van der Waals surface area contributed by atoms with E-state index in [1.807, 2.05) is 6.92 Å². The van der Waals surface area contributed by atoms with E-state index in [1.54, 1.807) is 0 Å². The zero-order valence-electron chi connectivity index (χ0n) is 8.46. The quantitative estimate of drug-likeness (QED) is 0.707. The summed E-state index contributed by atoms with van der Waals surface area (Å²) in [6.45, 7) is 2.09. The van der Waals surface area contributed by atoms with Gasteiger partial charge in [0.15, 0.2) is 5.82 Å². The molecular weight excluding hydrogens is 218 g/mol. The van der Waals surface area contributed by atoms with Gasteiger partial charge in [-0.05, 0) is 19.8 Å². The van der Waals surface area contributed by atoms with Crippen LogP contribution in [0.4, 0.5) is 5.82 Å². The van der Waals surface area contributed by atoms with Crippen LogP contribution in [0.5, 0.6) is 0 Å². The van der Waals surface area contributed by atoms with Crippen molar-refractivity contribution in [2.24, 2.45) is 0 Å². The number of rotatable bonds is 5. The molecule has 1 unspecified atom stereocenters. The molecule has 0 fully saturated rings. The number of aromatic amines is 1. The zero-order valence-corrected chi connectivity index (χ0v) is 9.21. The van der Waals surface area contributed by atoms with E-state index in [9.17, 15) is 4.79 Å². The first-order chi connectivity index (χ1) is 7.15. The number of aromatic nitrogens is 2. The Morgan fingerprint density at radius 1 is 1.73 bits per heavy atom. The molecule has 0 amide bonds. The van der Waals surface area contributed by atoms with Crippen molar-refractivity contribution in [2.75, 3.05) is 11.9 Å². The van der Waals surface area contributed by atoms with Gasteiger partial charge in [0.2, 0.25) is 0 Å². The highest BCUT2D eigenvalue weighted by Gasteiger charge is 2.08. The van der Waals surface area contributed by atoms with Gasteiger partial charge in [0, 0.05) is 12.6 Å². The van der Waals surface area contributed by atoms with Gasteiger partial charge in [-0.3, -0.25) is 4.79 Å². The number of hydrogen-bond acceptors (Lipinski definition) is 4. The van der Waals surface area contributed by atoms with E-state index in [4.69, 9.17) is 16.7 Å². The number of anilines is 1. The van der Waals surface area contributed by atoms with Crippen LogP contribution in [0.25, 0.3) is 0 Å². The molecule has 0 saturated carbocycles. The second-order valence-electron chi connectivity index (χ2n) is 3.31. The molecule has 0 aliphatic rings. The van der Waals surface area contributed by atoms with Gasteiger partial charge in [-0.2, -0.15) is 0 Å². The normalized spacial score (nSPS) is 12.5. The highest BCUT2D eigenvalue weighted by atomic mass is 35.5. The second-order valence-corrected chi connectivity index (χ2v) is 3.68. The van der Waals surface area contributed by atoms with Crippen LogP contribution in [0.1, 0.15) is 19.8 Å². The van der Waals surface area contributed by atoms with Gasteiger partial charge in [0.25, 0.3) is 5.56 Å². The van der Waals surface area contributed by atoms with E-state index in [2.05, 4.69) is 15.3 Å². The van der Waals surface area contributed by atoms with Crippen molar-refractivity contribution in [1.29, 1.82) is 0 Å². The molecule has 1 aromatic heterocycles. The van der Waals surface area contributed by atoms with Crippen LogP contribution in [0.3, 0.4) is 0 Å². The fourth-order valence-corrected chi connectivity index (χ4v) is 1.34. The Bertz CT molecular complexity index is 367. The number of aliphatic hydroxyl groups excluding tert-OH is 1. The minimum absolute atomic E-state index is 0.0633. The van der Waals surface area contributed by atoms with E-state index in [-0.39, 0.29) is 23.2 Å². The summed E-state index contributed by atoms with van der Waals surface area (Å²) in [4.78, 5) is 17.4. The minimum atomic E-state index is -0.358. The molecule has 3 N–H and O–H groups in total. The molecular formula is C9H14ClN3O2. The minimum Gasteiger partial charge on any atom is -0.396 e. The van der Waals surface area contributed by atoms with Crippen molar-refractivity contribution >= 4 is 17.4 Å². The SMILES string of the molecule is CC(CCCO)Nc1nc[nH]c(=O)c1Cl. The molecule has 0 bridgehead atoms. The maximum Gasteiger partial charge on any atom is 0.271 e. The largest absolute Gasteiger partial charge is 0.396 e. The van der Waals surface area contributed by atoms with E-state index >= 15 is 0 Å². The number of aliphatic hydroxyl groups is 1. The van der Waals surface area contributed by atoms with E-state index in [0.29, 0.717) is 12.2 Å². The number of hydrogen-bond donors (Lipinski definition) is 3. The molecule has 6 heteroatoms. The first kappa shape index (κ1) is 12.0. The Kier molecular flexibility index (Phi) is 4.58.